The number of hydrogen-bond donors (Lipinski definition) is 1. The lowest BCUT2D eigenvalue weighted by atomic mass is 9.84. The van der Waals surface area contributed by atoms with Crippen molar-refractivity contribution >= 4 is 17.5 Å². The van der Waals surface area contributed by atoms with Crippen LogP contribution in [0.4, 0.5) is 5.69 Å². The molecule has 2 amide bonds. The van der Waals surface area contributed by atoms with Crippen molar-refractivity contribution in [1.29, 1.82) is 0 Å². The molecule has 2 bridgehead atoms. The van der Waals surface area contributed by atoms with E-state index in [0.29, 0.717) is 18.9 Å². The number of para-hydroxylation sites is 1. The number of hydrogen-bond acceptors (Lipinski definition) is 3. The highest BCUT2D eigenvalue weighted by Crippen LogP contribution is 2.41. The quantitative estimate of drug-likeness (QED) is 0.910. The van der Waals surface area contributed by atoms with Crippen LogP contribution in [0.15, 0.2) is 24.3 Å². The number of benzene rings is 1. The van der Waals surface area contributed by atoms with Gasteiger partial charge in [0.1, 0.15) is 0 Å². The minimum absolute atomic E-state index is 0.0636. The lowest BCUT2D eigenvalue weighted by Crippen LogP contribution is -2.57. The maximum Gasteiger partial charge on any atom is 0.237 e. The van der Waals surface area contributed by atoms with E-state index >= 15 is 0 Å². The first-order valence-corrected chi connectivity index (χ1v) is 9.40. The lowest BCUT2D eigenvalue weighted by molar-refractivity contribution is -0.123. The average molecular weight is 341 g/mol. The molecule has 0 aromatic heterocycles. The smallest absolute Gasteiger partial charge is 0.237 e. The van der Waals surface area contributed by atoms with E-state index < -0.39 is 5.41 Å². The Morgan fingerprint density at radius 2 is 1.96 bits per heavy atom. The van der Waals surface area contributed by atoms with Crippen LogP contribution in [-0.2, 0) is 15.0 Å². The Hall–Kier alpha value is -1.88. The van der Waals surface area contributed by atoms with Crippen molar-refractivity contribution in [3.05, 3.63) is 29.8 Å². The van der Waals surface area contributed by atoms with Crippen LogP contribution in [0.3, 0.4) is 0 Å². The molecule has 4 aliphatic heterocycles. The fraction of sp³-hybridized carbons (Fsp3) is 0.600. The van der Waals surface area contributed by atoms with Gasteiger partial charge in [0.05, 0.1) is 5.41 Å². The van der Waals surface area contributed by atoms with E-state index in [0.717, 1.165) is 17.8 Å². The third kappa shape index (κ3) is 2.84. The maximum atomic E-state index is 12.8. The predicted molar refractivity (Wildman–Crippen MR) is 97.5 cm³/mol. The first kappa shape index (κ1) is 16.6. The summed E-state index contributed by atoms with van der Waals surface area (Å²) in [4.78, 5) is 29.5. The van der Waals surface area contributed by atoms with E-state index in [-0.39, 0.29) is 17.9 Å². The molecule has 3 fully saturated rings. The third-order valence-electron chi connectivity index (χ3n) is 6.21. The van der Waals surface area contributed by atoms with Gasteiger partial charge < -0.3 is 15.1 Å². The van der Waals surface area contributed by atoms with Crippen molar-refractivity contribution < 1.29 is 9.59 Å². The molecule has 0 saturated carbocycles. The minimum atomic E-state index is -0.511. The van der Waals surface area contributed by atoms with E-state index in [2.05, 4.69) is 10.2 Å². The molecule has 1 unspecified atom stereocenters. The van der Waals surface area contributed by atoms with Gasteiger partial charge in [-0.15, -0.1) is 0 Å². The Labute approximate surface area is 149 Å². The maximum absolute atomic E-state index is 12.8. The van der Waals surface area contributed by atoms with Gasteiger partial charge in [-0.05, 0) is 57.3 Å². The molecular weight excluding hydrogens is 314 g/mol. The zero-order chi connectivity index (χ0) is 17.6. The Morgan fingerprint density at radius 1 is 1.24 bits per heavy atom. The van der Waals surface area contributed by atoms with Crippen LogP contribution in [0.25, 0.3) is 0 Å². The van der Waals surface area contributed by atoms with E-state index in [9.17, 15) is 9.59 Å². The van der Waals surface area contributed by atoms with E-state index in [1.807, 2.05) is 38.1 Å². The summed E-state index contributed by atoms with van der Waals surface area (Å²) < 4.78 is 0. The second kappa shape index (κ2) is 6.13. The number of carbonyl (C=O) groups is 2. The number of nitrogens with one attached hydrogen (secondary N) is 1. The van der Waals surface area contributed by atoms with Gasteiger partial charge in [-0.3, -0.25) is 9.59 Å². The summed E-state index contributed by atoms with van der Waals surface area (Å²) in [6.07, 6.45) is 2.74. The Balaban J connectivity index is 1.38. The van der Waals surface area contributed by atoms with Crippen molar-refractivity contribution in [1.82, 2.24) is 10.2 Å². The number of nitrogens with zero attached hydrogens (tertiary/aromatic N) is 2. The molecule has 134 valence electrons. The summed E-state index contributed by atoms with van der Waals surface area (Å²) in [5.41, 5.74) is 1.49. The number of fused-ring (bicyclic) bond motifs is 4. The van der Waals surface area contributed by atoms with E-state index in [1.54, 1.807) is 4.90 Å². The molecule has 0 aliphatic carbocycles. The number of rotatable bonds is 4. The highest BCUT2D eigenvalue weighted by molar-refractivity contribution is 6.07. The molecule has 5 rings (SSSR count). The largest absolute Gasteiger partial charge is 0.352 e. The molecule has 0 spiro atoms. The van der Waals surface area contributed by atoms with Crippen LogP contribution in [0.2, 0.25) is 0 Å². The summed E-state index contributed by atoms with van der Waals surface area (Å²) >= 11 is 0. The third-order valence-corrected chi connectivity index (χ3v) is 6.21. The van der Waals surface area contributed by atoms with Crippen LogP contribution >= 0.6 is 0 Å². The fourth-order valence-corrected chi connectivity index (χ4v) is 4.64. The fourth-order valence-electron chi connectivity index (χ4n) is 4.64. The summed E-state index contributed by atoms with van der Waals surface area (Å²) in [7, 11) is 0. The van der Waals surface area contributed by atoms with Crippen molar-refractivity contribution in [3.63, 3.8) is 0 Å². The van der Waals surface area contributed by atoms with Crippen LogP contribution in [0.5, 0.6) is 0 Å². The van der Waals surface area contributed by atoms with Crippen LogP contribution in [-0.4, -0.2) is 48.9 Å². The molecule has 4 heterocycles. The topological polar surface area (TPSA) is 52.7 Å². The number of carbonyl (C=O) groups excluding carboxylic acids is 2. The van der Waals surface area contributed by atoms with Gasteiger partial charge >= 0.3 is 0 Å². The van der Waals surface area contributed by atoms with Gasteiger partial charge in [-0.1, -0.05) is 18.2 Å². The van der Waals surface area contributed by atoms with Crippen molar-refractivity contribution in [2.24, 2.45) is 5.92 Å². The molecule has 5 heteroatoms. The summed E-state index contributed by atoms with van der Waals surface area (Å²) in [5.74, 6) is 0.778. The van der Waals surface area contributed by atoms with Gasteiger partial charge in [0.2, 0.25) is 11.8 Å². The van der Waals surface area contributed by atoms with Gasteiger partial charge in [-0.2, -0.15) is 0 Å². The van der Waals surface area contributed by atoms with Gasteiger partial charge in [0.25, 0.3) is 0 Å². The second-order valence-electron chi connectivity index (χ2n) is 8.16. The minimum Gasteiger partial charge on any atom is -0.352 e. The number of piperidine rings is 3. The lowest BCUT2D eigenvalue weighted by Gasteiger charge is -2.45. The van der Waals surface area contributed by atoms with Crippen molar-refractivity contribution in [2.45, 2.75) is 44.6 Å². The second-order valence-corrected chi connectivity index (χ2v) is 8.16. The zero-order valence-electron chi connectivity index (χ0n) is 15.1. The van der Waals surface area contributed by atoms with Crippen LogP contribution < -0.4 is 10.2 Å². The normalized spacial score (nSPS) is 29.6. The molecular formula is C20H27N3O2. The summed E-state index contributed by atoms with van der Waals surface area (Å²) in [5, 5.41) is 3.22. The molecule has 1 atom stereocenters. The average Bonchev–Trinajstić information content (AvgIpc) is 2.81. The Morgan fingerprint density at radius 3 is 2.64 bits per heavy atom. The SMILES string of the molecule is CC1(C)C(=O)N(CCC(=O)NC2CN3CCC2CC3)c2ccccc21. The highest BCUT2D eigenvalue weighted by atomic mass is 16.2. The van der Waals surface area contributed by atoms with E-state index in [4.69, 9.17) is 0 Å². The molecule has 5 nitrogen and oxygen atoms in total. The predicted octanol–water partition coefficient (Wildman–Crippen LogP) is 1.91. The molecule has 25 heavy (non-hydrogen) atoms. The zero-order valence-corrected chi connectivity index (χ0v) is 15.1. The van der Waals surface area contributed by atoms with E-state index in [1.165, 1.54) is 25.9 Å². The molecule has 1 aromatic rings. The molecule has 3 saturated heterocycles. The molecule has 1 aromatic carbocycles. The van der Waals surface area contributed by atoms with Gasteiger partial charge in [0, 0.05) is 31.2 Å². The first-order valence-electron chi connectivity index (χ1n) is 9.40. The first-order chi connectivity index (χ1) is 12.0. The summed E-state index contributed by atoms with van der Waals surface area (Å²) in [6, 6.07) is 8.20. The molecule has 1 N–H and O–H groups in total. The van der Waals surface area contributed by atoms with Crippen LogP contribution in [0.1, 0.15) is 38.7 Å². The van der Waals surface area contributed by atoms with Crippen molar-refractivity contribution in [2.75, 3.05) is 31.1 Å². The Kier molecular flexibility index (Phi) is 4.07. The standard InChI is InChI=1S/C20H27N3O2/c1-20(2)15-5-3-4-6-17(15)23(19(20)25)12-9-18(24)21-16-13-22-10-7-14(16)8-11-22/h3-6,14,16H,7-13H2,1-2H3,(H,21,24). The number of amides is 2. The monoisotopic (exact) mass is 341 g/mol. The van der Waals surface area contributed by atoms with Gasteiger partial charge in [0.15, 0.2) is 0 Å². The summed E-state index contributed by atoms with van der Waals surface area (Å²) in [6.45, 7) is 7.69. The van der Waals surface area contributed by atoms with Crippen LogP contribution in [0, 0.1) is 5.92 Å². The highest BCUT2D eigenvalue weighted by Gasteiger charge is 2.43. The molecule has 0 radical (unpaired) electrons. The van der Waals surface area contributed by atoms with Gasteiger partial charge in [-0.25, -0.2) is 0 Å². The van der Waals surface area contributed by atoms with Crippen molar-refractivity contribution in [3.8, 4) is 0 Å². The number of anilines is 1. The Bertz CT molecular complexity index is 692. The molecule has 4 aliphatic rings.